The van der Waals surface area contributed by atoms with Crippen LogP contribution in [0.3, 0.4) is 0 Å². The largest absolute Gasteiger partial charge is 0.461 e. The number of nitrogens with zero attached hydrogens (tertiary/aromatic N) is 3. The summed E-state index contributed by atoms with van der Waals surface area (Å²) in [5.74, 6) is 0.407. The Balaban J connectivity index is 1.14. The van der Waals surface area contributed by atoms with Gasteiger partial charge in [-0.05, 0) is 49.4 Å². The van der Waals surface area contributed by atoms with Gasteiger partial charge in [0.1, 0.15) is 13.2 Å². The Labute approximate surface area is 225 Å². The smallest absolute Gasteiger partial charge is 0.410 e. The number of hydrogen-bond donors (Lipinski definition) is 1. The van der Waals surface area contributed by atoms with Crippen molar-refractivity contribution >= 4 is 12.1 Å². The highest BCUT2D eigenvalue weighted by Gasteiger charge is 2.35. The quantitative estimate of drug-likeness (QED) is 0.481. The molecule has 0 spiro atoms. The maximum Gasteiger partial charge on any atom is 0.410 e. The molecular weight excluding hydrogens is 480 g/mol. The van der Waals surface area contributed by atoms with Gasteiger partial charge in [-0.25, -0.2) is 4.79 Å². The van der Waals surface area contributed by atoms with E-state index in [1.807, 2.05) is 30.3 Å². The Kier molecular flexibility index (Phi) is 9.28. The summed E-state index contributed by atoms with van der Waals surface area (Å²) >= 11 is 0. The number of hydrogen-bond acceptors (Lipinski definition) is 7. The second-order valence-electron chi connectivity index (χ2n) is 10.8. The van der Waals surface area contributed by atoms with E-state index in [1.54, 1.807) is 4.90 Å². The van der Waals surface area contributed by atoms with E-state index < -0.39 is 0 Å². The number of amides is 1. The molecule has 3 fully saturated rings. The molecule has 0 saturated carbocycles. The van der Waals surface area contributed by atoms with Gasteiger partial charge >= 0.3 is 12.1 Å². The number of esters is 1. The first-order chi connectivity index (χ1) is 18.6. The van der Waals surface area contributed by atoms with Crippen LogP contribution in [0.2, 0.25) is 0 Å². The molecule has 38 heavy (non-hydrogen) atoms. The average Bonchev–Trinajstić information content (AvgIpc) is 3.36. The number of rotatable bonds is 10. The molecule has 3 saturated heterocycles. The molecule has 0 aliphatic carbocycles. The summed E-state index contributed by atoms with van der Waals surface area (Å²) in [6.45, 7) is 6.89. The van der Waals surface area contributed by atoms with Crippen LogP contribution >= 0.6 is 0 Å². The van der Waals surface area contributed by atoms with E-state index in [0.717, 1.165) is 57.5 Å². The van der Waals surface area contributed by atoms with E-state index in [9.17, 15) is 9.59 Å². The number of likely N-dealkylation sites (tertiary alicyclic amines) is 1. The maximum absolute atomic E-state index is 12.5. The molecule has 3 aliphatic rings. The van der Waals surface area contributed by atoms with Crippen molar-refractivity contribution in [3.63, 3.8) is 0 Å². The summed E-state index contributed by atoms with van der Waals surface area (Å²) in [7, 11) is 0. The van der Waals surface area contributed by atoms with Gasteiger partial charge in [-0.2, -0.15) is 0 Å². The van der Waals surface area contributed by atoms with Gasteiger partial charge in [0.25, 0.3) is 0 Å². The van der Waals surface area contributed by atoms with Crippen LogP contribution in [-0.2, 0) is 27.4 Å². The molecule has 2 aromatic carbocycles. The van der Waals surface area contributed by atoms with Crippen molar-refractivity contribution in [2.75, 3.05) is 46.0 Å². The second kappa shape index (κ2) is 13.2. The van der Waals surface area contributed by atoms with Crippen molar-refractivity contribution < 1.29 is 19.1 Å². The fourth-order valence-corrected chi connectivity index (χ4v) is 5.90. The number of ether oxygens (including phenoxy) is 2. The Morgan fingerprint density at radius 2 is 1.63 bits per heavy atom. The molecule has 0 bridgehead atoms. The third-order valence-corrected chi connectivity index (χ3v) is 7.99. The van der Waals surface area contributed by atoms with E-state index in [1.165, 1.54) is 5.56 Å². The zero-order chi connectivity index (χ0) is 26.2. The molecule has 5 rings (SSSR count). The fraction of sp³-hybridized carbons (Fsp3) is 0.533. The summed E-state index contributed by atoms with van der Waals surface area (Å²) < 4.78 is 10.7. The molecule has 2 atom stereocenters. The summed E-state index contributed by atoms with van der Waals surface area (Å²) in [5.41, 5.74) is 2.36. The van der Waals surface area contributed by atoms with Gasteiger partial charge in [-0.3, -0.25) is 19.5 Å². The van der Waals surface area contributed by atoms with Gasteiger partial charge in [-0.15, -0.1) is 0 Å². The number of piperidine rings is 1. The Morgan fingerprint density at radius 3 is 2.32 bits per heavy atom. The minimum absolute atomic E-state index is 0.165. The van der Waals surface area contributed by atoms with E-state index in [0.29, 0.717) is 44.8 Å². The van der Waals surface area contributed by atoms with Gasteiger partial charge in [0, 0.05) is 38.1 Å². The van der Waals surface area contributed by atoms with Crippen LogP contribution < -0.4 is 5.32 Å². The number of cyclic esters (lactones) is 1. The van der Waals surface area contributed by atoms with E-state index in [2.05, 4.69) is 45.4 Å². The molecule has 0 radical (unpaired) electrons. The third kappa shape index (κ3) is 7.56. The summed E-state index contributed by atoms with van der Waals surface area (Å²) in [5, 5.41) is 3.88. The SMILES string of the molecule is O=C(CCC1CN(CN2CCOC2=O)CC(C2CCN(Cc3ccccc3)CC2)N1)OCc1ccccc1. The van der Waals surface area contributed by atoms with Gasteiger partial charge in [0.2, 0.25) is 0 Å². The van der Waals surface area contributed by atoms with E-state index >= 15 is 0 Å². The first-order valence-electron chi connectivity index (χ1n) is 14.0. The minimum atomic E-state index is -0.227. The summed E-state index contributed by atoms with van der Waals surface area (Å²) in [6, 6.07) is 21.0. The lowest BCUT2D eigenvalue weighted by Gasteiger charge is -2.45. The summed E-state index contributed by atoms with van der Waals surface area (Å²) in [6.07, 6.45) is 3.17. The lowest BCUT2D eigenvalue weighted by Crippen LogP contribution is -2.61. The van der Waals surface area contributed by atoms with Crippen LogP contribution in [0.1, 0.15) is 36.8 Å². The van der Waals surface area contributed by atoms with Crippen molar-refractivity contribution in [2.24, 2.45) is 5.92 Å². The van der Waals surface area contributed by atoms with Gasteiger partial charge in [0.05, 0.1) is 13.2 Å². The fourth-order valence-electron chi connectivity index (χ4n) is 5.90. The molecule has 3 aliphatic heterocycles. The normalized spacial score (nSPS) is 23.4. The second-order valence-corrected chi connectivity index (χ2v) is 10.8. The lowest BCUT2D eigenvalue weighted by atomic mass is 9.86. The predicted octanol–water partition coefficient (Wildman–Crippen LogP) is 3.47. The molecule has 1 amide bonds. The number of benzene rings is 2. The average molecular weight is 521 g/mol. The molecule has 204 valence electrons. The first-order valence-corrected chi connectivity index (χ1v) is 14.0. The van der Waals surface area contributed by atoms with Crippen molar-refractivity contribution in [2.45, 2.75) is 50.9 Å². The molecule has 1 N–H and O–H groups in total. The van der Waals surface area contributed by atoms with Crippen molar-refractivity contribution in [3.8, 4) is 0 Å². The summed E-state index contributed by atoms with van der Waals surface area (Å²) in [4.78, 5) is 31.3. The highest BCUT2D eigenvalue weighted by Crippen LogP contribution is 2.26. The Morgan fingerprint density at radius 1 is 0.921 bits per heavy atom. The van der Waals surface area contributed by atoms with Crippen LogP contribution in [-0.4, -0.2) is 84.8 Å². The number of carbonyl (C=O) groups excluding carboxylic acids is 2. The number of piperazine rings is 1. The number of carbonyl (C=O) groups is 2. The lowest BCUT2D eigenvalue weighted by molar-refractivity contribution is -0.145. The van der Waals surface area contributed by atoms with Gasteiger partial charge < -0.3 is 14.8 Å². The third-order valence-electron chi connectivity index (χ3n) is 7.99. The zero-order valence-corrected chi connectivity index (χ0v) is 22.2. The Bertz CT molecular complexity index is 1030. The molecule has 2 aromatic rings. The maximum atomic E-state index is 12.5. The van der Waals surface area contributed by atoms with Crippen LogP contribution in [0.4, 0.5) is 4.79 Å². The molecule has 2 unspecified atom stereocenters. The van der Waals surface area contributed by atoms with Gasteiger partial charge in [0.15, 0.2) is 0 Å². The zero-order valence-electron chi connectivity index (χ0n) is 22.2. The molecule has 0 aromatic heterocycles. The monoisotopic (exact) mass is 520 g/mol. The molecule has 3 heterocycles. The van der Waals surface area contributed by atoms with Gasteiger partial charge in [-0.1, -0.05) is 60.7 Å². The highest BCUT2D eigenvalue weighted by atomic mass is 16.6. The number of nitrogens with one attached hydrogen (secondary N) is 1. The Hall–Kier alpha value is -2.94. The van der Waals surface area contributed by atoms with Crippen LogP contribution in [0.25, 0.3) is 0 Å². The molecule has 8 nitrogen and oxygen atoms in total. The first kappa shape index (κ1) is 26.7. The highest BCUT2D eigenvalue weighted by molar-refractivity contribution is 5.69. The van der Waals surface area contributed by atoms with E-state index in [4.69, 9.17) is 9.47 Å². The van der Waals surface area contributed by atoms with Crippen LogP contribution in [0, 0.1) is 5.92 Å². The minimum Gasteiger partial charge on any atom is -0.461 e. The van der Waals surface area contributed by atoms with Crippen LogP contribution in [0.15, 0.2) is 60.7 Å². The standard InChI is InChI=1S/C30H40N4O4/c35-29(38-22-25-9-5-2-6-10-25)12-11-27-20-33(23-34-17-18-37-30(34)36)21-28(31-27)26-13-15-32(16-14-26)19-24-7-3-1-4-8-24/h1-10,26-28,31H,11-23H2. The van der Waals surface area contributed by atoms with E-state index in [-0.39, 0.29) is 18.1 Å². The van der Waals surface area contributed by atoms with Crippen molar-refractivity contribution in [1.82, 2.24) is 20.0 Å². The predicted molar refractivity (Wildman–Crippen MR) is 145 cm³/mol. The van der Waals surface area contributed by atoms with Crippen LogP contribution in [0.5, 0.6) is 0 Å². The molecular formula is C30H40N4O4. The molecule has 8 heteroatoms. The van der Waals surface area contributed by atoms with Crippen molar-refractivity contribution in [3.05, 3.63) is 71.8 Å². The van der Waals surface area contributed by atoms with Crippen molar-refractivity contribution in [1.29, 1.82) is 0 Å². The topological polar surface area (TPSA) is 74.4 Å².